The molecule has 1 heterocycles. The second-order valence-electron chi connectivity index (χ2n) is 8.22. The molecule has 0 radical (unpaired) electrons. The maximum Gasteiger partial charge on any atom is 0.255 e. The quantitative estimate of drug-likeness (QED) is 0.461. The molecule has 1 amide bonds. The van der Waals surface area contributed by atoms with E-state index < -0.39 is 6.10 Å². The minimum atomic E-state index is -0.518. The summed E-state index contributed by atoms with van der Waals surface area (Å²) in [6.07, 6.45) is 0.0309. The summed E-state index contributed by atoms with van der Waals surface area (Å²) in [4.78, 5) is 14.7. The van der Waals surface area contributed by atoms with Crippen molar-refractivity contribution in [1.82, 2.24) is 4.90 Å². The van der Waals surface area contributed by atoms with Crippen LogP contribution in [0, 0.1) is 0 Å². The summed E-state index contributed by atoms with van der Waals surface area (Å²) in [5, 5.41) is 10.0. The van der Waals surface area contributed by atoms with E-state index in [9.17, 15) is 9.90 Å². The van der Waals surface area contributed by atoms with Gasteiger partial charge >= 0.3 is 0 Å². The molecule has 0 aliphatic carbocycles. The number of carbonyl (C=O) groups is 1. The topological polar surface area (TPSA) is 77.5 Å². The third-order valence-corrected chi connectivity index (χ3v) is 6.21. The number of likely N-dealkylation sites (tertiary alicyclic amines) is 1. The van der Waals surface area contributed by atoms with Gasteiger partial charge in [0.25, 0.3) is 5.91 Å². The van der Waals surface area contributed by atoms with Crippen molar-refractivity contribution in [3.8, 4) is 23.0 Å². The standard InChI is InChI=1S/C27H28ClNO6/c1-32-21-7-3-18(4-8-21)16-34-24-12-11-23(27(31)29-14-13-20(30)15-29)25(28)26(24)35-17-19-5-9-22(33-2)10-6-19/h3-12,20,30H,13-17H2,1-2H3/t20-/m1/s1. The number of nitrogens with zero attached hydrogens (tertiary/aromatic N) is 1. The molecule has 0 unspecified atom stereocenters. The monoisotopic (exact) mass is 497 g/mol. The number of ether oxygens (including phenoxy) is 4. The number of aliphatic hydroxyl groups excluding tert-OH is 1. The number of rotatable bonds is 9. The van der Waals surface area contributed by atoms with Gasteiger partial charge in [-0.25, -0.2) is 0 Å². The van der Waals surface area contributed by atoms with Crippen LogP contribution in [0.3, 0.4) is 0 Å². The van der Waals surface area contributed by atoms with Crippen molar-refractivity contribution in [2.45, 2.75) is 25.7 Å². The van der Waals surface area contributed by atoms with Crippen molar-refractivity contribution in [3.05, 3.63) is 82.4 Å². The number of hydrogen-bond acceptors (Lipinski definition) is 6. The Hall–Kier alpha value is -3.42. The highest BCUT2D eigenvalue weighted by Crippen LogP contribution is 2.39. The van der Waals surface area contributed by atoms with Crippen LogP contribution in [-0.2, 0) is 13.2 Å². The fraction of sp³-hybridized carbons (Fsp3) is 0.296. The van der Waals surface area contributed by atoms with Crippen molar-refractivity contribution < 1.29 is 28.8 Å². The second-order valence-corrected chi connectivity index (χ2v) is 8.60. The summed E-state index contributed by atoms with van der Waals surface area (Å²) in [7, 11) is 3.23. The normalized spacial score (nSPS) is 15.1. The number of aliphatic hydroxyl groups is 1. The molecule has 0 saturated carbocycles. The van der Waals surface area contributed by atoms with Crippen LogP contribution in [0.5, 0.6) is 23.0 Å². The van der Waals surface area contributed by atoms with Crippen LogP contribution < -0.4 is 18.9 Å². The molecule has 35 heavy (non-hydrogen) atoms. The maximum atomic E-state index is 13.1. The second kappa shape index (κ2) is 11.3. The Morgan fingerprint density at radius 2 is 1.49 bits per heavy atom. The first-order valence-corrected chi connectivity index (χ1v) is 11.7. The summed E-state index contributed by atoms with van der Waals surface area (Å²) < 4.78 is 22.5. The molecule has 184 valence electrons. The first-order chi connectivity index (χ1) is 17.0. The molecule has 4 rings (SSSR count). The van der Waals surface area contributed by atoms with E-state index in [1.165, 1.54) is 0 Å². The maximum absolute atomic E-state index is 13.1. The van der Waals surface area contributed by atoms with Crippen molar-refractivity contribution >= 4 is 17.5 Å². The Balaban J connectivity index is 1.57. The summed E-state index contributed by atoms with van der Waals surface area (Å²) in [6, 6.07) is 18.4. The van der Waals surface area contributed by atoms with Crippen LogP contribution in [0.2, 0.25) is 5.02 Å². The van der Waals surface area contributed by atoms with Gasteiger partial charge in [-0.3, -0.25) is 4.79 Å². The number of benzene rings is 3. The number of amides is 1. The number of β-amino-alcohol motifs (C(OH)–C–C–N with tert-alkyl or cyclic N) is 1. The van der Waals surface area contributed by atoms with Gasteiger partial charge < -0.3 is 29.0 Å². The average Bonchev–Trinajstić information content (AvgIpc) is 3.33. The van der Waals surface area contributed by atoms with E-state index in [1.807, 2.05) is 48.5 Å². The molecule has 0 bridgehead atoms. The lowest BCUT2D eigenvalue weighted by molar-refractivity contribution is 0.0764. The summed E-state index contributed by atoms with van der Waals surface area (Å²) in [5.74, 6) is 1.98. The van der Waals surface area contributed by atoms with Gasteiger partial charge in [0.05, 0.1) is 30.9 Å². The Bertz CT molecular complexity index is 1150. The zero-order chi connectivity index (χ0) is 24.8. The summed E-state index contributed by atoms with van der Waals surface area (Å²) >= 11 is 6.71. The molecule has 8 heteroatoms. The first-order valence-electron chi connectivity index (χ1n) is 11.3. The predicted molar refractivity (Wildman–Crippen MR) is 133 cm³/mol. The lowest BCUT2D eigenvalue weighted by atomic mass is 10.1. The molecule has 1 N–H and O–H groups in total. The van der Waals surface area contributed by atoms with Gasteiger partial charge in [0.15, 0.2) is 11.5 Å². The fourth-order valence-electron chi connectivity index (χ4n) is 3.81. The lowest BCUT2D eigenvalue weighted by Crippen LogP contribution is -2.29. The highest BCUT2D eigenvalue weighted by molar-refractivity contribution is 6.35. The van der Waals surface area contributed by atoms with Gasteiger partial charge in [0.2, 0.25) is 0 Å². The number of hydrogen-bond donors (Lipinski definition) is 1. The van der Waals surface area contributed by atoms with Gasteiger partial charge in [-0.15, -0.1) is 0 Å². The van der Waals surface area contributed by atoms with E-state index in [0.29, 0.717) is 30.0 Å². The molecule has 3 aromatic carbocycles. The van der Waals surface area contributed by atoms with Crippen LogP contribution in [0.15, 0.2) is 60.7 Å². The van der Waals surface area contributed by atoms with Crippen molar-refractivity contribution in [2.24, 2.45) is 0 Å². The highest BCUT2D eigenvalue weighted by Gasteiger charge is 2.28. The van der Waals surface area contributed by atoms with E-state index in [2.05, 4.69) is 0 Å². The van der Waals surface area contributed by atoms with Gasteiger partial charge in [0, 0.05) is 13.1 Å². The Morgan fingerprint density at radius 1 is 0.914 bits per heavy atom. The highest BCUT2D eigenvalue weighted by atomic mass is 35.5. The molecule has 0 spiro atoms. The van der Waals surface area contributed by atoms with Crippen molar-refractivity contribution in [2.75, 3.05) is 27.3 Å². The van der Waals surface area contributed by atoms with Gasteiger partial charge in [-0.1, -0.05) is 35.9 Å². The largest absolute Gasteiger partial charge is 0.497 e. The Kier molecular flexibility index (Phi) is 8.00. The number of methoxy groups -OCH3 is 2. The van der Waals surface area contributed by atoms with Gasteiger partial charge in [-0.05, 0) is 53.9 Å². The first kappa shape index (κ1) is 24.7. The summed E-state index contributed by atoms with van der Waals surface area (Å²) in [6.45, 7) is 1.27. The average molecular weight is 498 g/mol. The molecule has 3 aromatic rings. The zero-order valence-corrected chi connectivity index (χ0v) is 20.5. The molecule has 0 aromatic heterocycles. The molecule has 1 aliphatic rings. The SMILES string of the molecule is COc1ccc(COc2ccc(C(=O)N3CC[C@@H](O)C3)c(Cl)c2OCc2ccc(OC)cc2)cc1. The molecule has 1 saturated heterocycles. The molecule has 1 aliphatic heterocycles. The smallest absolute Gasteiger partial charge is 0.255 e. The molecular weight excluding hydrogens is 470 g/mol. The summed E-state index contributed by atoms with van der Waals surface area (Å²) in [5.41, 5.74) is 2.15. The molecule has 1 atom stereocenters. The lowest BCUT2D eigenvalue weighted by Gasteiger charge is -2.20. The van der Waals surface area contributed by atoms with E-state index >= 15 is 0 Å². The minimum absolute atomic E-state index is 0.178. The Morgan fingerprint density at radius 3 is 2.00 bits per heavy atom. The van der Waals surface area contributed by atoms with E-state index in [1.54, 1.807) is 31.3 Å². The predicted octanol–water partition coefficient (Wildman–Crippen LogP) is 4.72. The fourth-order valence-corrected chi connectivity index (χ4v) is 4.10. The molecule has 7 nitrogen and oxygen atoms in total. The van der Waals surface area contributed by atoms with Crippen LogP contribution >= 0.6 is 11.6 Å². The number of carbonyl (C=O) groups excluding carboxylic acids is 1. The van der Waals surface area contributed by atoms with E-state index in [-0.39, 0.29) is 30.7 Å². The van der Waals surface area contributed by atoms with Crippen molar-refractivity contribution in [1.29, 1.82) is 0 Å². The van der Waals surface area contributed by atoms with Crippen LogP contribution in [0.1, 0.15) is 27.9 Å². The zero-order valence-electron chi connectivity index (χ0n) is 19.7. The minimum Gasteiger partial charge on any atom is -0.497 e. The van der Waals surface area contributed by atoms with Gasteiger partial charge in [-0.2, -0.15) is 0 Å². The molecular formula is C27H28ClNO6. The van der Waals surface area contributed by atoms with Crippen LogP contribution in [0.4, 0.5) is 0 Å². The van der Waals surface area contributed by atoms with Crippen LogP contribution in [0.25, 0.3) is 0 Å². The van der Waals surface area contributed by atoms with E-state index in [0.717, 1.165) is 22.6 Å². The van der Waals surface area contributed by atoms with E-state index in [4.69, 9.17) is 30.5 Å². The molecule has 1 fully saturated rings. The van der Waals surface area contributed by atoms with Gasteiger partial charge in [0.1, 0.15) is 24.7 Å². The third-order valence-electron chi connectivity index (χ3n) is 5.84. The number of halogens is 1. The third kappa shape index (κ3) is 5.99. The van der Waals surface area contributed by atoms with Crippen molar-refractivity contribution in [3.63, 3.8) is 0 Å². The van der Waals surface area contributed by atoms with Crippen LogP contribution in [-0.4, -0.2) is 49.3 Å². The Labute approximate surface area is 209 Å².